The third-order valence-electron chi connectivity index (χ3n) is 4.35. The summed E-state index contributed by atoms with van der Waals surface area (Å²) in [6, 6.07) is 12.4. The van der Waals surface area contributed by atoms with Crippen molar-refractivity contribution in [1.29, 1.82) is 0 Å². The predicted molar refractivity (Wildman–Crippen MR) is 124 cm³/mol. The largest absolute Gasteiger partial charge is 1.00 e. The molecule has 2 aromatic heterocycles. The third kappa shape index (κ3) is 6.56. The van der Waals surface area contributed by atoms with Crippen molar-refractivity contribution >= 4 is 46.6 Å². The van der Waals surface area contributed by atoms with Crippen LogP contribution in [0, 0.1) is 0 Å². The number of fused-ring (bicyclic) bond motifs is 1. The van der Waals surface area contributed by atoms with E-state index in [1.807, 2.05) is 36.0 Å². The summed E-state index contributed by atoms with van der Waals surface area (Å²) in [5.41, 5.74) is 11.3. The van der Waals surface area contributed by atoms with Crippen LogP contribution in [0.15, 0.2) is 63.9 Å². The minimum Gasteiger partial charge on any atom is -1.00 e. The summed E-state index contributed by atoms with van der Waals surface area (Å²) in [5.74, 6) is 0.989. The van der Waals surface area contributed by atoms with E-state index in [4.69, 9.17) is 10.9 Å². The van der Waals surface area contributed by atoms with Crippen molar-refractivity contribution < 1.29 is 26.6 Å². The van der Waals surface area contributed by atoms with Gasteiger partial charge in [0.05, 0.1) is 13.3 Å². The summed E-state index contributed by atoms with van der Waals surface area (Å²) in [7, 11) is 2.07. The van der Waals surface area contributed by atoms with E-state index in [-0.39, 0.29) is 39.9 Å². The highest BCUT2D eigenvalue weighted by molar-refractivity contribution is 8.93. The summed E-state index contributed by atoms with van der Waals surface area (Å²) in [6.07, 6.45) is 8.37. The number of hydrogen-bond acceptors (Lipinski definition) is 4. The van der Waals surface area contributed by atoms with Crippen molar-refractivity contribution in [3.8, 4) is 11.3 Å². The Kier molecular flexibility index (Phi) is 11.1. The first-order valence-electron chi connectivity index (χ1n) is 9.13. The highest BCUT2D eigenvalue weighted by Gasteiger charge is 2.16. The predicted octanol–water partition coefficient (Wildman–Crippen LogP) is 0.532. The number of guanidine groups is 1. The van der Waals surface area contributed by atoms with E-state index in [1.165, 1.54) is 17.7 Å². The number of nitrogens with one attached hydrogen (secondary N) is 1. The number of rotatable bonds is 7. The quantitative estimate of drug-likeness (QED) is 0.0987. The first kappa shape index (κ1) is 26.2. The Morgan fingerprint density at radius 3 is 2.63 bits per heavy atom. The molecule has 0 fully saturated rings. The average Bonchev–Trinajstić information content (AvgIpc) is 3.04. The lowest BCUT2D eigenvalue weighted by Crippen LogP contribution is -3.00. The second kappa shape index (κ2) is 12.7. The molecule has 0 aliphatic heterocycles. The first-order valence-corrected chi connectivity index (χ1v) is 10.1. The Morgan fingerprint density at radius 1 is 1.23 bits per heavy atom. The second-order valence-electron chi connectivity index (χ2n) is 6.37. The number of nitrogens with zero attached hydrogens (tertiary/aromatic N) is 4. The summed E-state index contributed by atoms with van der Waals surface area (Å²) in [5, 5.41) is 16.0. The molecule has 0 radical (unpaired) electrons. The SMILES string of the molecule is Br.CCCCSc1ccc2n(C)c(-c3ccc(/C=N/N=C(\N)NO)cc3)c[n+]2c1.[Br-]. The number of aromatic nitrogens is 2. The van der Waals surface area contributed by atoms with Crippen molar-refractivity contribution in [3.63, 3.8) is 0 Å². The Hall–Kier alpha value is -1.88. The van der Waals surface area contributed by atoms with Crippen LogP contribution in [0.3, 0.4) is 0 Å². The molecule has 0 amide bonds. The van der Waals surface area contributed by atoms with Gasteiger partial charge in [0.1, 0.15) is 12.4 Å². The fraction of sp³-hybridized carbons (Fsp3) is 0.250. The molecule has 7 nitrogen and oxygen atoms in total. The van der Waals surface area contributed by atoms with Gasteiger partial charge in [-0.2, -0.15) is 5.10 Å². The highest BCUT2D eigenvalue weighted by atomic mass is 79.9. The Balaban J connectivity index is 0.00000225. The number of imidazole rings is 1. The number of nitrogens with two attached hydrogens (primary N) is 1. The van der Waals surface area contributed by atoms with Gasteiger partial charge in [-0.1, -0.05) is 25.5 Å². The zero-order valence-electron chi connectivity index (χ0n) is 16.8. The molecule has 162 valence electrons. The highest BCUT2D eigenvalue weighted by Crippen LogP contribution is 2.22. The molecule has 4 N–H and O–H groups in total. The molecule has 0 saturated heterocycles. The Labute approximate surface area is 201 Å². The molecular weight excluding hydrogens is 532 g/mol. The van der Waals surface area contributed by atoms with Crippen LogP contribution < -0.4 is 32.6 Å². The van der Waals surface area contributed by atoms with Gasteiger partial charge in [0.15, 0.2) is 5.69 Å². The van der Waals surface area contributed by atoms with E-state index < -0.39 is 0 Å². The molecule has 0 spiro atoms. The average molecular weight is 558 g/mol. The van der Waals surface area contributed by atoms with Crippen LogP contribution in [0.4, 0.5) is 0 Å². The maximum Gasteiger partial charge on any atom is 0.286 e. The molecule has 30 heavy (non-hydrogen) atoms. The van der Waals surface area contributed by atoms with Crippen molar-refractivity contribution in [2.24, 2.45) is 23.0 Å². The zero-order valence-corrected chi connectivity index (χ0v) is 20.9. The smallest absolute Gasteiger partial charge is 0.286 e. The van der Waals surface area contributed by atoms with Crippen molar-refractivity contribution in [2.75, 3.05) is 5.75 Å². The van der Waals surface area contributed by atoms with Gasteiger partial charge in [-0.05, 0) is 35.9 Å². The minimum atomic E-state index is -0.160. The summed E-state index contributed by atoms with van der Waals surface area (Å²) >= 11 is 1.90. The number of hydrogen-bond donors (Lipinski definition) is 3. The van der Waals surface area contributed by atoms with Gasteiger partial charge >= 0.3 is 0 Å². The van der Waals surface area contributed by atoms with Crippen molar-refractivity contribution in [3.05, 3.63) is 54.4 Å². The fourth-order valence-corrected chi connectivity index (χ4v) is 3.85. The first-order chi connectivity index (χ1) is 13.6. The molecule has 0 saturated carbocycles. The number of aryl methyl sites for hydroxylation is 1. The number of benzene rings is 1. The molecule has 0 unspecified atom stereocenters. The molecule has 0 atom stereocenters. The van der Waals surface area contributed by atoms with Gasteiger partial charge in [-0.3, -0.25) is 5.21 Å². The van der Waals surface area contributed by atoms with E-state index in [9.17, 15) is 0 Å². The number of halogens is 2. The normalized spacial score (nSPS) is 11.4. The fourth-order valence-electron chi connectivity index (χ4n) is 2.83. The lowest BCUT2D eigenvalue weighted by Gasteiger charge is -1.99. The van der Waals surface area contributed by atoms with Crippen LogP contribution in [0.1, 0.15) is 25.3 Å². The van der Waals surface area contributed by atoms with Crippen LogP contribution >= 0.6 is 28.7 Å². The van der Waals surface area contributed by atoms with Crippen LogP contribution in [-0.2, 0) is 7.05 Å². The Bertz CT molecular complexity index is 1000. The zero-order chi connectivity index (χ0) is 19.9. The molecule has 0 aliphatic rings. The van der Waals surface area contributed by atoms with E-state index in [2.05, 4.69) is 57.7 Å². The molecule has 0 bridgehead atoms. The molecule has 2 heterocycles. The minimum absolute atomic E-state index is 0. The van der Waals surface area contributed by atoms with Crippen LogP contribution in [0.25, 0.3) is 16.9 Å². The molecular formula is C20H26Br2N6OS. The molecule has 0 aliphatic carbocycles. The molecule has 3 rings (SSSR count). The maximum absolute atomic E-state index is 8.57. The number of pyridine rings is 1. The van der Waals surface area contributed by atoms with Crippen LogP contribution in [0.5, 0.6) is 0 Å². The summed E-state index contributed by atoms with van der Waals surface area (Å²) < 4.78 is 4.36. The van der Waals surface area contributed by atoms with Crippen LogP contribution in [0.2, 0.25) is 0 Å². The van der Waals surface area contributed by atoms with Gasteiger partial charge in [-0.25, -0.2) is 14.4 Å². The molecule has 10 heteroatoms. The van der Waals surface area contributed by atoms with Gasteiger partial charge in [0.2, 0.25) is 5.96 Å². The summed E-state index contributed by atoms with van der Waals surface area (Å²) in [6.45, 7) is 2.22. The van der Waals surface area contributed by atoms with Crippen molar-refractivity contribution in [1.82, 2.24) is 10.0 Å². The third-order valence-corrected chi connectivity index (χ3v) is 5.42. The monoisotopic (exact) mass is 556 g/mol. The Morgan fingerprint density at radius 2 is 1.97 bits per heavy atom. The second-order valence-corrected chi connectivity index (χ2v) is 7.54. The van der Waals surface area contributed by atoms with E-state index in [0.29, 0.717) is 0 Å². The lowest BCUT2D eigenvalue weighted by molar-refractivity contribution is -0.512. The number of thioether (sulfide) groups is 1. The van der Waals surface area contributed by atoms with Gasteiger partial charge in [-0.15, -0.1) is 33.8 Å². The van der Waals surface area contributed by atoms with Gasteiger partial charge in [0.25, 0.3) is 5.65 Å². The van der Waals surface area contributed by atoms with Gasteiger partial charge < -0.3 is 22.7 Å². The molecule has 1 aromatic carbocycles. The maximum atomic E-state index is 8.57. The topological polar surface area (TPSA) is 92.0 Å². The summed E-state index contributed by atoms with van der Waals surface area (Å²) in [4.78, 5) is 1.28. The standard InChI is InChI=1S/C20H25N6OS.2BrH/c1-3-4-11-28-17-9-10-19-25(2)18(14-26(19)13-17)16-7-5-15(6-8-16)12-22-23-20(21)24-27;;/h5-10,12-14,27H,3-4,11H2,1-2H3,(H3,21,23,24);2*1H/q+1;;/p-1/b22-12+;;. The molecule has 3 aromatic rings. The number of hydroxylamine groups is 1. The van der Waals surface area contributed by atoms with E-state index in [1.54, 1.807) is 11.7 Å². The van der Waals surface area contributed by atoms with Crippen molar-refractivity contribution in [2.45, 2.75) is 24.7 Å². The lowest BCUT2D eigenvalue weighted by atomic mass is 10.1. The van der Waals surface area contributed by atoms with Gasteiger partial charge in [0, 0.05) is 16.5 Å². The van der Waals surface area contributed by atoms with E-state index in [0.717, 1.165) is 28.2 Å². The van der Waals surface area contributed by atoms with E-state index >= 15 is 0 Å². The van der Waals surface area contributed by atoms with Crippen LogP contribution in [-0.4, -0.2) is 27.7 Å². The number of unbranched alkanes of at least 4 members (excludes halogenated alkanes) is 1.